The Kier molecular flexibility index (Phi) is 2.22. The molecule has 2 aliphatic rings. The molecule has 0 saturated carbocycles. The van der Waals surface area contributed by atoms with Gasteiger partial charge < -0.3 is 10.1 Å². The number of fused-ring (bicyclic) bond motifs is 1. The average molecular weight is 230 g/mol. The Labute approximate surface area is 97.4 Å². The molecule has 6 heteroatoms. The minimum absolute atomic E-state index is 0.222. The van der Waals surface area contributed by atoms with E-state index in [1.165, 1.54) is 6.33 Å². The highest BCUT2D eigenvalue weighted by Gasteiger charge is 2.32. The molecule has 86 valence electrons. The lowest BCUT2D eigenvalue weighted by Crippen LogP contribution is -2.47. The molecule has 0 aromatic carbocycles. The van der Waals surface area contributed by atoms with Gasteiger partial charge in [0.05, 0.1) is 24.2 Å². The number of nitrogens with zero attached hydrogens (tertiary/aromatic N) is 3. The molecule has 0 radical (unpaired) electrons. The molecule has 1 fully saturated rings. The Morgan fingerprint density at radius 2 is 2.41 bits per heavy atom. The van der Waals surface area contributed by atoms with Crippen molar-refractivity contribution in [1.82, 2.24) is 15.3 Å². The van der Waals surface area contributed by atoms with Gasteiger partial charge in [0.2, 0.25) is 0 Å². The molecule has 1 atom stereocenters. The second-order valence-electron chi connectivity index (χ2n) is 3.92. The van der Waals surface area contributed by atoms with E-state index in [2.05, 4.69) is 26.9 Å². The molecule has 1 saturated heterocycles. The van der Waals surface area contributed by atoms with Crippen LogP contribution in [0.25, 0.3) is 0 Å². The van der Waals surface area contributed by atoms with Gasteiger partial charge in [0.15, 0.2) is 6.10 Å². The van der Waals surface area contributed by atoms with Crippen LogP contribution in [-0.2, 0) is 16.0 Å². The maximum absolute atomic E-state index is 11.7. The highest BCUT2D eigenvalue weighted by molar-refractivity contribution is 6.11. The van der Waals surface area contributed by atoms with Crippen molar-refractivity contribution in [2.75, 3.05) is 6.61 Å². The smallest absolute Gasteiger partial charge is 0.259 e. The van der Waals surface area contributed by atoms with Gasteiger partial charge >= 0.3 is 0 Å². The number of morpholine rings is 1. The van der Waals surface area contributed by atoms with Crippen LogP contribution in [0.1, 0.15) is 5.69 Å². The first-order valence-electron chi connectivity index (χ1n) is 5.20. The van der Waals surface area contributed by atoms with E-state index in [0.29, 0.717) is 30.1 Å². The largest absolute Gasteiger partial charge is 0.356 e. The third-order valence-electron chi connectivity index (χ3n) is 2.65. The monoisotopic (exact) mass is 230 g/mol. The Hall–Kier alpha value is -2.08. The van der Waals surface area contributed by atoms with Crippen LogP contribution in [0.3, 0.4) is 0 Å². The van der Waals surface area contributed by atoms with Crippen LogP contribution in [0.5, 0.6) is 0 Å². The Bertz CT molecular complexity index is 538. The van der Waals surface area contributed by atoms with E-state index in [1.807, 2.05) is 0 Å². The zero-order valence-corrected chi connectivity index (χ0v) is 9.01. The number of ether oxygens (including phenoxy) is 1. The Balaban J connectivity index is 1.84. The van der Waals surface area contributed by atoms with Gasteiger partial charge in [-0.05, 0) is 0 Å². The van der Waals surface area contributed by atoms with Gasteiger partial charge in [-0.25, -0.2) is 9.97 Å². The summed E-state index contributed by atoms with van der Waals surface area (Å²) in [6.45, 7) is 3.96. The molecular formula is C11H10N4O2. The van der Waals surface area contributed by atoms with Crippen molar-refractivity contribution in [1.29, 1.82) is 0 Å². The maximum Gasteiger partial charge on any atom is 0.259 e. The minimum Gasteiger partial charge on any atom is -0.356 e. The number of hydrogen-bond donors (Lipinski definition) is 1. The number of carbonyl (C=O) groups is 1. The summed E-state index contributed by atoms with van der Waals surface area (Å²) in [4.78, 5) is 24.1. The van der Waals surface area contributed by atoms with Crippen molar-refractivity contribution in [2.45, 2.75) is 12.5 Å². The van der Waals surface area contributed by atoms with Gasteiger partial charge in [0.1, 0.15) is 12.0 Å². The minimum atomic E-state index is -0.644. The van der Waals surface area contributed by atoms with Gasteiger partial charge in [-0.3, -0.25) is 9.79 Å². The van der Waals surface area contributed by atoms with Crippen molar-refractivity contribution in [2.24, 2.45) is 4.99 Å². The van der Waals surface area contributed by atoms with Crippen LogP contribution in [0, 0.1) is 0 Å². The van der Waals surface area contributed by atoms with Crippen molar-refractivity contribution < 1.29 is 9.53 Å². The summed E-state index contributed by atoms with van der Waals surface area (Å²) in [5.41, 5.74) is 2.78. The second kappa shape index (κ2) is 3.74. The number of carbonyl (C=O) groups excluding carboxylic acids is 1. The van der Waals surface area contributed by atoms with Gasteiger partial charge in [-0.2, -0.15) is 0 Å². The quantitative estimate of drug-likeness (QED) is 0.744. The lowest BCUT2D eigenvalue weighted by atomic mass is 10.1. The fourth-order valence-electron chi connectivity index (χ4n) is 1.88. The summed E-state index contributed by atoms with van der Waals surface area (Å²) in [6, 6.07) is 0. The molecule has 2 aliphatic heterocycles. The third-order valence-corrected chi connectivity index (χ3v) is 2.65. The normalized spacial score (nSPS) is 23.1. The van der Waals surface area contributed by atoms with E-state index in [-0.39, 0.29) is 5.91 Å². The van der Waals surface area contributed by atoms with E-state index in [0.717, 1.165) is 5.69 Å². The van der Waals surface area contributed by atoms with Gasteiger partial charge in [0, 0.05) is 12.1 Å². The molecule has 0 aliphatic carbocycles. The molecule has 6 nitrogen and oxygen atoms in total. The SMILES string of the molecule is C=C1COC(C2=Nc3cncnc3C2)C(=O)N1. The van der Waals surface area contributed by atoms with Crippen LogP contribution >= 0.6 is 0 Å². The standard InChI is InChI=1S/C11H10N4O2/c1-6-4-17-10(11(16)14-6)8-2-7-9(15-8)3-12-5-13-7/h3,5,10H,1-2,4H2,(H,14,16). The predicted octanol–water partition coefficient (Wildman–Crippen LogP) is 0.134. The Morgan fingerprint density at radius 3 is 3.18 bits per heavy atom. The third kappa shape index (κ3) is 1.72. The highest BCUT2D eigenvalue weighted by atomic mass is 16.5. The van der Waals surface area contributed by atoms with Crippen molar-refractivity contribution in [3.8, 4) is 0 Å². The van der Waals surface area contributed by atoms with Crippen molar-refractivity contribution in [3.05, 3.63) is 30.5 Å². The van der Waals surface area contributed by atoms with E-state index >= 15 is 0 Å². The summed E-state index contributed by atoms with van der Waals surface area (Å²) in [5.74, 6) is -0.222. The molecule has 17 heavy (non-hydrogen) atoms. The first kappa shape index (κ1) is 10.1. The molecule has 3 rings (SSSR count). The number of amides is 1. The Morgan fingerprint density at radius 1 is 1.53 bits per heavy atom. The summed E-state index contributed by atoms with van der Waals surface area (Å²) in [6.07, 6.45) is 2.99. The summed E-state index contributed by atoms with van der Waals surface area (Å²) in [5, 5.41) is 2.66. The molecule has 0 spiro atoms. The predicted molar refractivity (Wildman–Crippen MR) is 59.9 cm³/mol. The molecule has 0 bridgehead atoms. The van der Waals surface area contributed by atoms with Crippen molar-refractivity contribution >= 4 is 17.3 Å². The van der Waals surface area contributed by atoms with E-state index < -0.39 is 6.10 Å². The molecule has 3 heterocycles. The number of rotatable bonds is 1. The number of hydrogen-bond acceptors (Lipinski definition) is 5. The summed E-state index contributed by atoms with van der Waals surface area (Å²) < 4.78 is 5.43. The van der Waals surface area contributed by atoms with Crippen LogP contribution in [0.2, 0.25) is 0 Å². The summed E-state index contributed by atoms with van der Waals surface area (Å²) in [7, 11) is 0. The van der Waals surface area contributed by atoms with E-state index in [4.69, 9.17) is 4.74 Å². The van der Waals surface area contributed by atoms with E-state index in [9.17, 15) is 4.79 Å². The van der Waals surface area contributed by atoms with Crippen LogP contribution < -0.4 is 5.32 Å². The van der Waals surface area contributed by atoms with Crippen LogP contribution in [0.15, 0.2) is 29.8 Å². The molecular weight excluding hydrogens is 220 g/mol. The number of aromatic nitrogens is 2. The summed E-state index contributed by atoms with van der Waals surface area (Å²) >= 11 is 0. The maximum atomic E-state index is 11.7. The fraction of sp³-hybridized carbons (Fsp3) is 0.273. The lowest BCUT2D eigenvalue weighted by molar-refractivity contribution is -0.130. The first-order valence-corrected chi connectivity index (χ1v) is 5.20. The average Bonchev–Trinajstić information content (AvgIpc) is 2.72. The fourth-order valence-corrected chi connectivity index (χ4v) is 1.88. The zero-order valence-electron chi connectivity index (χ0n) is 9.01. The molecule has 1 aromatic rings. The highest BCUT2D eigenvalue weighted by Crippen LogP contribution is 2.25. The number of aliphatic imine (C=N–C) groups is 1. The molecule has 1 amide bonds. The van der Waals surface area contributed by atoms with Crippen molar-refractivity contribution in [3.63, 3.8) is 0 Å². The topological polar surface area (TPSA) is 76.5 Å². The molecule has 1 unspecified atom stereocenters. The van der Waals surface area contributed by atoms with Gasteiger partial charge in [0.25, 0.3) is 5.91 Å². The lowest BCUT2D eigenvalue weighted by Gasteiger charge is -2.23. The molecule has 1 aromatic heterocycles. The second-order valence-corrected chi connectivity index (χ2v) is 3.92. The van der Waals surface area contributed by atoms with E-state index in [1.54, 1.807) is 6.20 Å². The van der Waals surface area contributed by atoms with Crippen LogP contribution in [-0.4, -0.2) is 34.3 Å². The van der Waals surface area contributed by atoms with Gasteiger partial charge in [-0.1, -0.05) is 6.58 Å². The number of nitrogens with one attached hydrogen (secondary N) is 1. The first-order chi connectivity index (χ1) is 8.24. The zero-order chi connectivity index (χ0) is 11.8. The van der Waals surface area contributed by atoms with Crippen LogP contribution in [0.4, 0.5) is 5.69 Å². The van der Waals surface area contributed by atoms with Gasteiger partial charge in [-0.15, -0.1) is 0 Å². The molecule has 1 N–H and O–H groups in total.